The van der Waals surface area contributed by atoms with Crippen molar-refractivity contribution in [3.63, 3.8) is 0 Å². The SMILES string of the molecule is CCN(CCC(=O)O)C(=O)c1cc(Cl)c(C(=O)n2ccc3c(NC(C)=O)nccc32)c(Cl)c1. The Balaban J connectivity index is 1.96. The van der Waals surface area contributed by atoms with Gasteiger partial charge in [-0.05, 0) is 31.2 Å². The molecule has 0 aliphatic rings. The van der Waals surface area contributed by atoms with Crippen LogP contribution in [0.2, 0.25) is 10.0 Å². The Bertz CT molecular complexity index is 1250. The van der Waals surface area contributed by atoms with E-state index in [-0.39, 0.29) is 40.0 Å². The van der Waals surface area contributed by atoms with E-state index in [1.54, 1.807) is 19.1 Å². The molecule has 0 atom stereocenters. The molecule has 0 unspecified atom stereocenters. The summed E-state index contributed by atoms with van der Waals surface area (Å²) in [5, 5.41) is 12.0. The molecule has 0 saturated carbocycles. The smallest absolute Gasteiger partial charge is 0.305 e. The molecule has 0 spiro atoms. The maximum Gasteiger partial charge on any atom is 0.305 e. The predicted octanol–water partition coefficient (Wildman–Crippen LogP) is 3.93. The van der Waals surface area contributed by atoms with Gasteiger partial charge in [-0.15, -0.1) is 0 Å². The van der Waals surface area contributed by atoms with Crippen molar-refractivity contribution in [2.24, 2.45) is 0 Å². The van der Waals surface area contributed by atoms with Gasteiger partial charge in [-0.25, -0.2) is 4.98 Å². The van der Waals surface area contributed by atoms with Gasteiger partial charge in [0.2, 0.25) is 5.91 Å². The van der Waals surface area contributed by atoms with Crippen molar-refractivity contribution in [2.75, 3.05) is 18.4 Å². The third-order valence-electron chi connectivity index (χ3n) is 4.90. The van der Waals surface area contributed by atoms with Gasteiger partial charge in [0.05, 0.1) is 27.5 Å². The van der Waals surface area contributed by atoms with Crippen molar-refractivity contribution in [3.8, 4) is 0 Å². The van der Waals surface area contributed by atoms with Crippen molar-refractivity contribution >= 4 is 63.6 Å². The number of carbonyl (C=O) groups excluding carboxylic acids is 3. The lowest BCUT2D eigenvalue weighted by Crippen LogP contribution is -2.33. The van der Waals surface area contributed by atoms with Crippen LogP contribution in [-0.4, -0.2) is 56.3 Å². The molecule has 0 aliphatic carbocycles. The normalized spacial score (nSPS) is 10.8. The van der Waals surface area contributed by atoms with Gasteiger partial charge in [-0.3, -0.25) is 23.7 Å². The van der Waals surface area contributed by atoms with E-state index < -0.39 is 17.8 Å². The second-order valence-electron chi connectivity index (χ2n) is 7.11. The van der Waals surface area contributed by atoms with E-state index in [2.05, 4.69) is 10.3 Å². The maximum atomic E-state index is 13.3. The van der Waals surface area contributed by atoms with Crippen LogP contribution >= 0.6 is 23.2 Å². The molecule has 2 heterocycles. The lowest BCUT2D eigenvalue weighted by atomic mass is 10.1. The van der Waals surface area contributed by atoms with Crippen LogP contribution in [0.3, 0.4) is 0 Å². The van der Waals surface area contributed by atoms with Gasteiger partial charge in [0, 0.05) is 43.4 Å². The third-order valence-corrected chi connectivity index (χ3v) is 5.49. The van der Waals surface area contributed by atoms with Gasteiger partial charge in [-0.1, -0.05) is 23.2 Å². The second kappa shape index (κ2) is 10.0. The van der Waals surface area contributed by atoms with Crippen molar-refractivity contribution in [3.05, 3.63) is 57.8 Å². The summed E-state index contributed by atoms with van der Waals surface area (Å²) in [6, 6.07) is 5.91. The molecule has 3 aromatic rings. The van der Waals surface area contributed by atoms with E-state index in [9.17, 15) is 19.2 Å². The first kappa shape index (κ1) is 24.2. The standard InChI is InChI=1S/C22H20Cl2N4O5/c1-3-27(8-6-18(30)31)21(32)13-10-15(23)19(16(24)11-13)22(33)28-9-5-14-17(28)4-7-25-20(14)26-12(2)29/h4-5,7,9-11H,3,6,8H2,1-2H3,(H,30,31)(H,25,26,29). The van der Waals surface area contributed by atoms with E-state index in [1.165, 1.54) is 40.9 Å². The molecule has 9 nitrogen and oxygen atoms in total. The zero-order valence-corrected chi connectivity index (χ0v) is 19.3. The number of nitrogens with one attached hydrogen (secondary N) is 1. The Morgan fingerprint density at radius 3 is 2.39 bits per heavy atom. The third kappa shape index (κ3) is 5.15. The molecule has 2 N–H and O–H groups in total. The number of hydrogen-bond acceptors (Lipinski definition) is 5. The highest BCUT2D eigenvalue weighted by Crippen LogP contribution is 2.30. The number of amides is 2. The Kier molecular flexibility index (Phi) is 7.35. The summed E-state index contributed by atoms with van der Waals surface area (Å²) < 4.78 is 1.32. The number of benzene rings is 1. The van der Waals surface area contributed by atoms with Crippen LogP contribution in [0.1, 0.15) is 41.0 Å². The molecule has 11 heteroatoms. The number of anilines is 1. The summed E-state index contributed by atoms with van der Waals surface area (Å²) in [4.78, 5) is 53.8. The molecule has 0 bridgehead atoms. The second-order valence-corrected chi connectivity index (χ2v) is 7.92. The molecule has 3 rings (SSSR count). The summed E-state index contributed by atoms with van der Waals surface area (Å²) in [6.45, 7) is 3.40. The van der Waals surface area contributed by atoms with Crippen molar-refractivity contribution in [1.29, 1.82) is 0 Å². The van der Waals surface area contributed by atoms with Crippen LogP contribution in [0.5, 0.6) is 0 Å². The minimum absolute atomic E-state index is 0.00106. The number of rotatable bonds is 7. The first-order valence-corrected chi connectivity index (χ1v) is 10.7. The number of nitrogens with zero attached hydrogens (tertiary/aromatic N) is 3. The van der Waals surface area contributed by atoms with Gasteiger partial charge in [0.25, 0.3) is 11.8 Å². The highest BCUT2D eigenvalue weighted by atomic mass is 35.5. The average molecular weight is 491 g/mol. The molecule has 0 saturated heterocycles. The van der Waals surface area contributed by atoms with Gasteiger partial charge < -0.3 is 15.3 Å². The first-order chi connectivity index (χ1) is 15.6. The quantitative estimate of drug-likeness (QED) is 0.517. The molecule has 2 amide bonds. The van der Waals surface area contributed by atoms with E-state index in [0.717, 1.165) is 0 Å². The fourth-order valence-corrected chi connectivity index (χ4v) is 4.00. The van der Waals surface area contributed by atoms with Gasteiger partial charge in [-0.2, -0.15) is 0 Å². The van der Waals surface area contributed by atoms with E-state index in [4.69, 9.17) is 28.3 Å². The molecular weight excluding hydrogens is 471 g/mol. The van der Waals surface area contributed by atoms with E-state index >= 15 is 0 Å². The van der Waals surface area contributed by atoms with Gasteiger partial charge >= 0.3 is 5.97 Å². The zero-order chi connectivity index (χ0) is 24.3. The minimum atomic E-state index is -1.02. The highest BCUT2D eigenvalue weighted by molar-refractivity contribution is 6.40. The lowest BCUT2D eigenvalue weighted by Gasteiger charge is -2.20. The number of aliphatic carboxylic acids is 1. The highest BCUT2D eigenvalue weighted by Gasteiger charge is 2.23. The van der Waals surface area contributed by atoms with Crippen molar-refractivity contribution in [1.82, 2.24) is 14.5 Å². The van der Waals surface area contributed by atoms with Gasteiger partial charge in [0.1, 0.15) is 5.82 Å². The number of aromatic nitrogens is 2. The molecule has 2 aromatic heterocycles. The largest absolute Gasteiger partial charge is 0.481 e. The number of carboxylic acid groups (broad SMARTS) is 1. The van der Waals surface area contributed by atoms with Crippen molar-refractivity contribution < 1.29 is 24.3 Å². The minimum Gasteiger partial charge on any atom is -0.481 e. The number of carboxylic acids is 1. The summed E-state index contributed by atoms with van der Waals surface area (Å²) in [6.07, 6.45) is 2.77. The van der Waals surface area contributed by atoms with Crippen LogP contribution in [0, 0.1) is 0 Å². The van der Waals surface area contributed by atoms with Crippen LogP contribution in [0.4, 0.5) is 5.82 Å². The van der Waals surface area contributed by atoms with Crippen LogP contribution in [-0.2, 0) is 9.59 Å². The lowest BCUT2D eigenvalue weighted by molar-refractivity contribution is -0.137. The van der Waals surface area contributed by atoms with Gasteiger partial charge in [0.15, 0.2) is 0 Å². The van der Waals surface area contributed by atoms with Crippen LogP contribution < -0.4 is 5.32 Å². The molecule has 172 valence electrons. The van der Waals surface area contributed by atoms with Crippen molar-refractivity contribution in [2.45, 2.75) is 20.3 Å². The summed E-state index contributed by atoms with van der Waals surface area (Å²) in [5.74, 6) is -1.99. The summed E-state index contributed by atoms with van der Waals surface area (Å²) in [7, 11) is 0. The molecule has 0 aliphatic heterocycles. The molecule has 0 radical (unpaired) electrons. The Morgan fingerprint density at radius 1 is 1.15 bits per heavy atom. The summed E-state index contributed by atoms with van der Waals surface area (Å²) in [5.41, 5.74) is 0.624. The van der Waals surface area contributed by atoms with E-state index in [0.29, 0.717) is 23.3 Å². The maximum absolute atomic E-state index is 13.3. The molecule has 33 heavy (non-hydrogen) atoms. The molecule has 1 aromatic carbocycles. The molecular formula is C22H20Cl2N4O5. The fraction of sp³-hybridized carbons (Fsp3) is 0.227. The predicted molar refractivity (Wildman–Crippen MR) is 124 cm³/mol. The summed E-state index contributed by atoms with van der Waals surface area (Å²) >= 11 is 12.7. The Labute approximate surface area is 198 Å². The number of fused-ring (bicyclic) bond motifs is 1. The number of carbonyl (C=O) groups is 4. The average Bonchev–Trinajstić information content (AvgIpc) is 3.18. The van der Waals surface area contributed by atoms with Crippen LogP contribution in [0.15, 0.2) is 36.7 Å². The first-order valence-electron chi connectivity index (χ1n) is 9.92. The number of pyridine rings is 1. The molecule has 0 fully saturated rings. The topological polar surface area (TPSA) is 122 Å². The Hall–Kier alpha value is -3.43. The Morgan fingerprint density at radius 2 is 1.82 bits per heavy atom. The fourth-order valence-electron chi connectivity index (χ4n) is 3.35. The van der Waals surface area contributed by atoms with Crippen LogP contribution in [0.25, 0.3) is 10.9 Å². The zero-order valence-electron chi connectivity index (χ0n) is 17.8. The number of hydrogen-bond donors (Lipinski definition) is 2. The monoisotopic (exact) mass is 490 g/mol. The van der Waals surface area contributed by atoms with E-state index in [1.807, 2.05) is 0 Å². The number of halogens is 2.